The molecule has 18 heavy (non-hydrogen) atoms. The van der Waals surface area contributed by atoms with Crippen LogP contribution < -0.4 is 0 Å². The summed E-state index contributed by atoms with van der Waals surface area (Å²) in [6, 6.07) is 0. The Morgan fingerprint density at radius 3 is 2.11 bits per heavy atom. The van der Waals surface area contributed by atoms with E-state index in [2.05, 4.69) is 9.47 Å². The summed E-state index contributed by atoms with van der Waals surface area (Å²) >= 11 is 5.36. The van der Waals surface area contributed by atoms with Gasteiger partial charge in [0.1, 0.15) is 0 Å². The molecule has 106 valence electrons. The molecule has 0 N–H and O–H groups in total. The monoisotopic (exact) mass is 298 g/mol. The maximum atomic E-state index is 12.4. The molecular weight excluding hydrogens is 291 g/mol. The Labute approximate surface area is 103 Å². The van der Waals surface area contributed by atoms with Crippen LogP contribution in [0.15, 0.2) is 0 Å². The van der Waals surface area contributed by atoms with Gasteiger partial charge in [-0.1, -0.05) is 18.5 Å². The topological polar surface area (TPSA) is 52.6 Å². The zero-order valence-corrected chi connectivity index (χ0v) is 9.65. The van der Waals surface area contributed by atoms with Gasteiger partial charge in [-0.2, -0.15) is 22.0 Å². The van der Waals surface area contributed by atoms with Crippen molar-refractivity contribution in [1.29, 1.82) is 0 Å². The molecule has 0 radical (unpaired) electrons. The molecule has 0 heterocycles. The van der Waals surface area contributed by atoms with Gasteiger partial charge in [-0.05, 0) is 0 Å². The second-order valence-electron chi connectivity index (χ2n) is 3.07. The Morgan fingerprint density at radius 1 is 1.28 bits per heavy atom. The van der Waals surface area contributed by atoms with Crippen LogP contribution in [0.3, 0.4) is 0 Å². The molecule has 0 spiro atoms. The summed E-state index contributed by atoms with van der Waals surface area (Å²) in [6.07, 6.45) is -6.23. The Morgan fingerprint density at radius 2 is 1.78 bits per heavy atom. The number of hydrogen-bond donors (Lipinski definition) is 0. The van der Waals surface area contributed by atoms with Crippen molar-refractivity contribution >= 4 is 24.0 Å². The number of ether oxygens (including phenoxy) is 2. The minimum atomic E-state index is -5.86. The van der Waals surface area contributed by atoms with E-state index < -0.39 is 29.7 Å². The summed E-state index contributed by atoms with van der Waals surface area (Å²) < 4.78 is 67.9. The third-order valence-corrected chi connectivity index (χ3v) is 2.30. The molecule has 0 aromatic carbocycles. The molecule has 0 bridgehead atoms. The highest BCUT2D eigenvalue weighted by atomic mass is 35.5. The minimum absolute atomic E-state index is 0.250. The molecule has 0 aliphatic carbocycles. The van der Waals surface area contributed by atoms with Crippen molar-refractivity contribution in [1.82, 2.24) is 0 Å². The second kappa shape index (κ2) is 5.68. The van der Waals surface area contributed by atoms with Crippen LogP contribution in [0.4, 0.5) is 22.0 Å². The van der Waals surface area contributed by atoms with Crippen molar-refractivity contribution in [2.24, 2.45) is 0 Å². The number of halogens is 6. The van der Waals surface area contributed by atoms with E-state index in [0.29, 0.717) is 0 Å². The van der Waals surface area contributed by atoms with Crippen molar-refractivity contribution in [2.75, 3.05) is 6.61 Å². The maximum absolute atomic E-state index is 12.4. The van der Waals surface area contributed by atoms with Crippen LogP contribution in [-0.4, -0.2) is 36.2 Å². The SMILES string of the molecule is CCC(Cl)(OC=O)C(=O)OCC(F)(F)C(F)(F)F. The summed E-state index contributed by atoms with van der Waals surface area (Å²) in [6.45, 7) is -1.26. The first-order chi connectivity index (χ1) is 8.00. The van der Waals surface area contributed by atoms with E-state index in [1.807, 2.05) is 0 Å². The lowest BCUT2D eigenvalue weighted by Gasteiger charge is -2.24. The van der Waals surface area contributed by atoms with Crippen molar-refractivity contribution in [3.63, 3.8) is 0 Å². The van der Waals surface area contributed by atoms with E-state index >= 15 is 0 Å². The van der Waals surface area contributed by atoms with Crippen LogP contribution in [0, 0.1) is 0 Å². The molecular formula is C8H8ClF5O4. The van der Waals surface area contributed by atoms with E-state index in [0.717, 1.165) is 0 Å². The van der Waals surface area contributed by atoms with Gasteiger partial charge in [0, 0.05) is 6.42 Å². The van der Waals surface area contributed by atoms with Crippen molar-refractivity contribution in [3.8, 4) is 0 Å². The van der Waals surface area contributed by atoms with Gasteiger partial charge < -0.3 is 9.47 Å². The molecule has 0 aromatic heterocycles. The van der Waals surface area contributed by atoms with E-state index in [1.165, 1.54) is 6.92 Å². The van der Waals surface area contributed by atoms with Crippen LogP contribution >= 0.6 is 11.6 Å². The lowest BCUT2D eigenvalue weighted by Crippen LogP contribution is -2.44. The molecule has 10 heteroatoms. The Hall–Kier alpha value is -1.12. The Balaban J connectivity index is 4.64. The Kier molecular flexibility index (Phi) is 5.33. The number of carbonyl (C=O) groups excluding carboxylic acids is 2. The summed E-state index contributed by atoms with van der Waals surface area (Å²) in [5, 5.41) is -2.41. The van der Waals surface area contributed by atoms with Crippen LogP contribution in [0.25, 0.3) is 0 Å². The predicted octanol–water partition coefficient (Wildman–Crippen LogP) is 2.25. The van der Waals surface area contributed by atoms with Gasteiger partial charge in [0.15, 0.2) is 6.61 Å². The highest BCUT2D eigenvalue weighted by Gasteiger charge is 2.59. The molecule has 0 aromatic rings. The van der Waals surface area contributed by atoms with E-state index in [9.17, 15) is 31.5 Å². The highest BCUT2D eigenvalue weighted by Crippen LogP contribution is 2.36. The van der Waals surface area contributed by atoms with E-state index in [-0.39, 0.29) is 12.9 Å². The zero-order chi connectivity index (χ0) is 14.6. The molecule has 1 unspecified atom stereocenters. The first kappa shape index (κ1) is 16.9. The smallest absolute Gasteiger partial charge is 0.455 e. The number of rotatable bonds is 6. The van der Waals surface area contributed by atoms with Crippen molar-refractivity contribution in [2.45, 2.75) is 30.5 Å². The fourth-order valence-corrected chi connectivity index (χ4v) is 0.789. The van der Waals surface area contributed by atoms with Crippen LogP contribution in [-0.2, 0) is 19.1 Å². The highest BCUT2D eigenvalue weighted by molar-refractivity contribution is 6.33. The van der Waals surface area contributed by atoms with Gasteiger partial charge in [-0.25, -0.2) is 4.79 Å². The largest absolute Gasteiger partial charge is 0.456 e. The molecule has 0 aliphatic rings. The van der Waals surface area contributed by atoms with Gasteiger partial charge >= 0.3 is 18.1 Å². The predicted molar refractivity (Wildman–Crippen MR) is 48.0 cm³/mol. The van der Waals surface area contributed by atoms with Gasteiger partial charge in [-0.15, -0.1) is 0 Å². The molecule has 0 aliphatic heterocycles. The first-order valence-corrected chi connectivity index (χ1v) is 4.80. The summed E-state index contributed by atoms with van der Waals surface area (Å²) in [5.74, 6) is -6.92. The normalized spacial score (nSPS) is 15.7. The number of hydrogen-bond acceptors (Lipinski definition) is 4. The van der Waals surface area contributed by atoms with Gasteiger partial charge in [0.05, 0.1) is 0 Å². The van der Waals surface area contributed by atoms with Gasteiger partial charge in [0.2, 0.25) is 0 Å². The lowest BCUT2D eigenvalue weighted by atomic mass is 10.2. The van der Waals surface area contributed by atoms with Crippen molar-refractivity contribution in [3.05, 3.63) is 0 Å². The molecule has 0 saturated heterocycles. The van der Waals surface area contributed by atoms with E-state index in [1.54, 1.807) is 0 Å². The average molecular weight is 299 g/mol. The fraction of sp³-hybridized carbons (Fsp3) is 0.750. The fourth-order valence-electron chi connectivity index (χ4n) is 0.698. The standard InChI is InChI=1S/C8H8ClF5O4/c1-2-6(9,18-4-15)5(16)17-3-7(10,11)8(12,13)14/h4H,2-3H2,1H3. The first-order valence-electron chi connectivity index (χ1n) is 4.42. The third kappa shape index (κ3) is 3.97. The van der Waals surface area contributed by atoms with Crippen LogP contribution in [0.2, 0.25) is 0 Å². The Bertz CT molecular complexity index is 319. The van der Waals surface area contributed by atoms with E-state index in [4.69, 9.17) is 11.6 Å². The molecule has 0 rings (SSSR count). The van der Waals surface area contributed by atoms with Gasteiger partial charge in [-0.3, -0.25) is 4.79 Å². The summed E-state index contributed by atoms with van der Waals surface area (Å²) in [5.41, 5.74) is 0. The van der Waals surface area contributed by atoms with Gasteiger partial charge in [0.25, 0.3) is 11.5 Å². The molecule has 0 fully saturated rings. The number of carbonyl (C=O) groups is 2. The van der Waals surface area contributed by atoms with Crippen LogP contribution in [0.5, 0.6) is 0 Å². The minimum Gasteiger partial charge on any atom is -0.455 e. The second-order valence-corrected chi connectivity index (χ2v) is 3.68. The maximum Gasteiger partial charge on any atom is 0.456 e. The lowest BCUT2D eigenvalue weighted by molar-refractivity contribution is -0.295. The molecule has 4 nitrogen and oxygen atoms in total. The summed E-state index contributed by atoms with van der Waals surface area (Å²) in [7, 11) is 0. The quantitative estimate of drug-likeness (QED) is 0.327. The van der Waals surface area contributed by atoms with Crippen molar-refractivity contribution < 1.29 is 41.0 Å². The molecule has 0 amide bonds. The average Bonchev–Trinajstić information content (AvgIpc) is 2.24. The number of alkyl halides is 6. The third-order valence-electron chi connectivity index (χ3n) is 1.79. The summed E-state index contributed by atoms with van der Waals surface area (Å²) in [4.78, 5) is 21.1. The molecule has 0 saturated carbocycles. The number of esters is 1. The zero-order valence-electron chi connectivity index (χ0n) is 8.89. The van der Waals surface area contributed by atoms with Crippen LogP contribution in [0.1, 0.15) is 13.3 Å². The molecule has 1 atom stereocenters.